The Morgan fingerprint density at radius 3 is 2.67 bits per heavy atom. The third kappa shape index (κ3) is 2.86. The molecule has 3 nitrogen and oxygen atoms in total. The van der Waals surface area contributed by atoms with Crippen LogP contribution in [0, 0.1) is 6.92 Å². The molecule has 3 N–H and O–H groups in total. The van der Waals surface area contributed by atoms with E-state index in [2.05, 4.69) is 0 Å². The van der Waals surface area contributed by atoms with Gasteiger partial charge < -0.3 is 15.6 Å². The van der Waals surface area contributed by atoms with Gasteiger partial charge in [0.15, 0.2) is 0 Å². The largest absolute Gasteiger partial charge is 0.507 e. The molecule has 0 saturated carbocycles. The first-order valence-corrected chi connectivity index (χ1v) is 5.26. The molecule has 0 aliphatic heterocycles. The normalized spacial score (nSPS) is 10.3. The maximum Gasteiger partial charge on any atom is 0.125 e. The minimum Gasteiger partial charge on any atom is -0.507 e. The molecule has 0 saturated heterocycles. The van der Waals surface area contributed by atoms with Crippen LogP contribution in [0.4, 0.5) is 0 Å². The van der Waals surface area contributed by atoms with Crippen LogP contribution in [-0.2, 0) is 6.42 Å². The minimum atomic E-state index is 0.353. The lowest BCUT2D eigenvalue weighted by atomic mass is 10.0. The molecule has 0 spiro atoms. The molecule has 0 radical (unpaired) electrons. The van der Waals surface area contributed by atoms with E-state index in [1.807, 2.05) is 19.1 Å². The number of nitrogens with two attached hydrogens (primary N) is 1. The maximum absolute atomic E-state index is 9.90. The van der Waals surface area contributed by atoms with Gasteiger partial charge in [-0.25, -0.2) is 0 Å². The van der Waals surface area contributed by atoms with Gasteiger partial charge in [0.1, 0.15) is 11.5 Å². The Balaban J connectivity index is 2.86. The van der Waals surface area contributed by atoms with Gasteiger partial charge >= 0.3 is 0 Å². The molecule has 0 fully saturated rings. The molecule has 1 rings (SSSR count). The van der Waals surface area contributed by atoms with Crippen molar-refractivity contribution in [2.75, 3.05) is 13.7 Å². The molecular formula is C12H19NO2. The van der Waals surface area contributed by atoms with Crippen molar-refractivity contribution in [1.29, 1.82) is 0 Å². The average molecular weight is 209 g/mol. The van der Waals surface area contributed by atoms with E-state index in [9.17, 15) is 5.11 Å². The van der Waals surface area contributed by atoms with Gasteiger partial charge in [-0.3, -0.25) is 0 Å². The first kappa shape index (κ1) is 11.9. The Bertz CT molecular complexity index is 324. The number of hydrogen-bond acceptors (Lipinski definition) is 3. The minimum absolute atomic E-state index is 0.353. The third-order valence-electron chi connectivity index (χ3n) is 2.54. The molecule has 0 heterocycles. The monoisotopic (exact) mass is 209 g/mol. The summed E-state index contributed by atoms with van der Waals surface area (Å²) >= 11 is 0. The summed E-state index contributed by atoms with van der Waals surface area (Å²) in [4.78, 5) is 0. The molecule has 15 heavy (non-hydrogen) atoms. The predicted octanol–water partition coefficient (Wildman–Crippen LogP) is 1.99. The summed E-state index contributed by atoms with van der Waals surface area (Å²) in [5, 5.41) is 9.90. The first-order chi connectivity index (χ1) is 7.20. The van der Waals surface area contributed by atoms with E-state index in [1.165, 1.54) is 0 Å². The highest BCUT2D eigenvalue weighted by atomic mass is 16.5. The molecular weight excluding hydrogens is 190 g/mol. The van der Waals surface area contributed by atoms with Crippen LogP contribution in [0.3, 0.4) is 0 Å². The first-order valence-electron chi connectivity index (χ1n) is 5.26. The van der Waals surface area contributed by atoms with Crippen molar-refractivity contribution in [3.8, 4) is 11.5 Å². The fraction of sp³-hybridized carbons (Fsp3) is 0.500. The molecule has 1 aromatic carbocycles. The lowest BCUT2D eigenvalue weighted by Gasteiger charge is -2.12. The highest BCUT2D eigenvalue weighted by molar-refractivity contribution is 5.48. The van der Waals surface area contributed by atoms with E-state index in [0.717, 1.165) is 36.1 Å². The zero-order valence-corrected chi connectivity index (χ0v) is 9.42. The second-order valence-corrected chi connectivity index (χ2v) is 3.66. The smallest absolute Gasteiger partial charge is 0.125 e. The number of rotatable bonds is 5. The fourth-order valence-electron chi connectivity index (χ4n) is 1.61. The van der Waals surface area contributed by atoms with Gasteiger partial charge in [-0.05, 0) is 44.4 Å². The highest BCUT2D eigenvalue weighted by Crippen LogP contribution is 2.31. The number of benzene rings is 1. The summed E-state index contributed by atoms with van der Waals surface area (Å²) in [6.07, 6.45) is 2.76. The van der Waals surface area contributed by atoms with Crippen LogP contribution < -0.4 is 10.5 Å². The number of phenols is 1. The zero-order chi connectivity index (χ0) is 11.3. The quantitative estimate of drug-likeness (QED) is 0.729. The average Bonchev–Trinajstić information content (AvgIpc) is 2.25. The molecule has 0 bridgehead atoms. The summed E-state index contributed by atoms with van der Waals surface area (Å²) in [6, 6.07) is 3.76. The van der Waals surface area contributed by atoms with E-state index in [1.54, 1.807) is 7.11 Å². The van der Waals surface area contributed by atoms with Gasteiger partial charge in [-0.2, -0.15) is 0 Å². The van der Waals surface area contributed by atoms with Gasteiger partial charge in [0.25, 0.3) is 0 Å². The maximum atomic E-state index is 9.90. The van der Waals surface area contributed by atoms with Crippen molar-refractivity contribution in [3.63, 3.8) is 0 Å². The Hall–Kier alpha value is -1.22. The van der Waals surface area contributed by atoms with Crippen molar-refractivity contribution in [1.82, 2.24) is 0 Å². The number of aryl methyl sites for hydroxylation is 1. The van der Waals surface area contributed by atoms with Gasteiger partial charge in [0, 0.05) is 5.56 Å². The van der Waals surface area contributed by atoms with Crippen molar-refractivity contribution in [2.24, 2.45) is 5.73 Å². The van der Waals surface area contributed by atoms with E-state index < -0.39 is 0 Å². The van der Waals surface area contributed by atoms with Crippen LogP contribution in [0.15, 0.2) is 12.1 Å². The fourth-order valence-corrected chi connectivity index (χ4v) is 1.61. The Kier molecular flexibility index (Phi) is 4.43. The molecule has 0 amide bonds. The lowest BCUT2D eigenvalue weighted by Crippen LogP contribution is -2.00. The molecule has 0 aromatic heterocycles. The van der Waals surface area contributed by atoms with E-state index in [-0.39, 0.29) is 0 Å². The van der Waals surface area contributed by atoms with Crippen molar-refractivity contribution in [2.45, 2.75) is 26.2 Å². The van der Waals surface area contributed by atoms with Gasteiger partial charge in [-0.15, -0.1) is 0 Å². The Morgan fingerprint density at radius 1 is 1.33 bits per heavy atom. The van der Waals surface area contributed by atoms with Crippen LogP contribution in [0.2, 0.25) is 0 Å². The molecule has 1 aromatic rings. The molecule has 0 unspecified atom stereocenters. The number of ether oxygens (including phenoxy) is 1. The standard InChI is InChI=1S/C12H19NO2/c1-9-6-7-11(15-2)10(12(9)14)5-3-4-8-13/h6-7,14H,3-5,8,13H2,1-2H3. The number of aromatic hydroxyl groups is 1. The number of hydrogen-bond donors (Lipinski definition) is 2. The Labute approximate surface area is 90.9 Å². The van der Waals surface area contributed by atoms with Crippen LogP contribution in [0.1, 0.15) is 24.0 Å². The molecule has 0 atom stereocenters. The second kappa shape index (κ2) is 5.61. The Morgan fingerprint density at radius 2 is 2.07 bits per heavy atom. The molecule has 3 heteroatoms. The molecule has 84 valence electrons. The summed E-state index contributed by atoms with van der Waals surface area (Å²) in [7, 11) is 1.62. The van der Waals surface area contributed by atoms with Gasteiger partial charge in [-0.1, -0.05) is 6.07 Å². The van der Waals surface area contributed by atoms with Crippen LogP contribution >= 0.6 is 0 Å². The van der Waals surface area contributed by atoms with Crippen molar-refractivity contribution in [3.05, 3.63) is 23.3 Å². The van der Waals surface area contributed by atoms with Crippen LogP contribution in [0.5, 0.6) is 11.5 Å². The molecule has 0 aliphatic rings. The van der Waals surface area contributed by atoms with Crippen molar-refractivity contribution < 1.29 is 9.84 Å². The predicted molar refractivity (Wildman–Crippen MR) is 61.4 cm³/mol. The van der Waals surface area contributed by atoms with Crippen molar-refractivity contribution >= 4 is 0 Å². The molecule has 0 aliphatic carbocycles. The topological polar surface area (TPSA) is 55.5 Å². The van der Waals surface area contributed by atoms with Gasteiger partial charge in [0.2, 0.25) is 0 Å². The summed E-state index contributed by atoms with van der Waals surface area (Å²) in [5.41, 5.74) is 7.22. The number of unbranched alkanes of at least 4 members (excludes halogenated alkanes) is 1. The highest BCUT2D eigenvalue weighted by Gasteiger charge is 2.10. The summed E-state index contributed by atoms with van der Waals surface area (Å²) in [6.45, 7) is 2.58. The zero-order valence-electron chi connectivity index (χ0n) is 9.42. The SMILES string of the molecule is COc1ccc(C)c(O)c1CCCCN. The van der Waals surface area contributed by atoms with E-state index in [4.69, 9.17) is 10.5 Å². The third-order valence-corrected chi connectivity index (χ3v) is 2.54. The summed E-state index contributed by atoms with van der Waals surface area (Å²) < 4.78 is 5.22. The summed E-state index contributed by atoms with van der Waals surface area (Å²) in [5.74, 6) is 1.11. The van der Waals surface area contributed by atoms with Gasteiger partial charge in [0.05, 0.1) is 7.11 Å². The van der Waals surface area contributed by atoms with Crippen LogP contribution in [0.25, 0.3) is 0 Å². The van der Waals surface area contributed by atoms with E-state index in [0.29, 0.717) is 12.3 Å². The van der Waals surface area contributed by atoms with E-state index >= 15 is 0 Å². The van der Waals surface area contributed by atoms with Crippen LogP contribution in [-0.4, -0.2) is 18.8 Å². The lowest BCUT2D eigenvalue weighted by molar-refractivity contribution is 0.397. The number of methoxy groups -OCH3 is 1. The number of phenolic OH excluding ortho intramolecular Hbond substituents is 1. The second-order valence-electron chi connectivity index (χ2n) is 3.66.